The summed E-state index contributed by atoms with van der Waals surface area (Å²) in [6.07, 6.45) is -2.79. The Morgan fingerprint density at radius 2 is 1.90 bits per heavy atom. The van der Waals surface area contributed by atoms with Crippen molar-refractivity contribution in [2.24, 2.45) is 0 Å². The number of amides is 1. The molecule has 2 aromatic carbocycles. The summed E-state index contributed by atoms with van der Waals surface area (Å²) < 4.78 is 56.3. The van der Waals surface area contributed by atoms with Crippen LogP contribution in [0.5, 0.6) is 0 Å². The number of nitrogens with zero attached hydrogens (tertiary/aromatic N) is 4. The number of carbonyl (C=O) groups excluding carboxylic acids is 1. The van der Waals surface area contributed by atoms with Gasteiger partial charge in [-0.2, -0.15) is 13.2 Å². The van der Waals surface area contributed by atoms with Gasteiger partial charge in [0.2, 0.25) is 11.9 Å². The van der Waals surface area contributed by atoms with Crippen LogP contribution in [0.1, 0.15) is 19.4 Å². The summed E-state index contributed by atoms with van der Waals surface area (Å²) in [7, 11) is 3.94. The van der Waals surface area contributed by atoms with E-state index >= 15 is 0 Å². The lowest BCUT2D eigenvalue weighted by molar-refractivity contribution is -0.137. The number of aromatic nitrogens is 3. The number of anilines is 4. The van der Waals surface area contributed by atoms with Crippen LogP contribution in [-0.4, -0.2) is 59.5 Å². The van der Waals surface area contributed by atoms with Gasteiger partial charge >= 0.3 is 6.18 Å². The average molecular weight is 544 g/mol. The van der Waals surface area contributed by atoms with E-state index < -0.39 is 23.3 Å². The van der Waals surface area contributed by atoms with E-state index in [4.69, 9.17) is 0 Å². The fourth-order valence-electron chi connectivity index (χ4n) is 4.26. The van der Waals surface area contributed by atoms with E-state index in [9.17, 15) is 22.4 Å². The molecule has 2 heterocycles. The Kier molecular flexibility index (Phi) is 8.05. The van der Waals surface area contributed by atoms with E-state index in [1.54, 1.807) is 18.2 Å². The SMILES string of the molecule is CCN(CCN(C)C)c1ccc(Nc2ncc(C(F)(F)F)c(-c3c[nH]c4cccc(F)c34)n2)cc1NC(C)=O. The zero-order valence-electron chi connectivity index (χ0n) is 21.9. The lowest BCUT2D eigenvalue weighted by atomic mass is 10.1. The van der Waals surface area contributed by atoms with Gasteiger partial charge in [0, 0.05) is 61.1 Å². The van der Waals surface area contributed by atoms with Gasteiger partial charge in [-0.15, -0.1) is 0 Å². The van der Waals surface area contributed by atoms with Crippen LogP contribution >= 0.6 is 0 Å². The Balaban J connectivity index is 1.74. The molecule has 0 unspecified atom stereocenters. The number of H-pyrrole nitrogens is 1. The fraction of sp³-hybridized carbons (Fsp3) is 0.296. The molecule has 0 saturated heterocycles. The number of likely N-dealkylation sites (N-methyl/N-ethyl adjacent to an activating group) is 2. The second-order valence-corrected chi connectivity index (χ2v) is 9.24. The average Bonchev–Trinajstić information content (AvgIpc) is 3.30. The standard InChI is InChI=1S/C27H29F4N7O/c1-5-38(12-11-37(3)4)23-10-9-17(13-22(23)34-16(2)39)35-26-33-15-19(27(29,30)31)25(36-26)18-14-32-21-8-6-7-20(28)24(18)21/h6-10,13-15,32H,5,11-12H2,1-4H3,(H,34,39)(H,33,35,36). The first-order valence-corrected chi connectivity index (χ1v) is 12.3. The predicted molar refractivity (Wildman–Crippen MR) is 145 cm³/mol. The minimum atomic E-state index is -4.76. The summed E-state index contributed by atoms with van der Waals surface area (Å²) in [5.74, 6) is -1.06. The summed E-state index contributed by atoms with van der Waals surface area (Å²) in [5, 5.41) is 5.75. The van der Waals surface area contributed by atoms with E-state index in [0.29, 0.717) is 29.6 Å². The van der Waals surface area contributed by atoms with Gasteiger partial charge in [0.1, 0.15) is 11.4 Å². The molecule has 0 aliphatic carbocycles. The van der Waals surface area contributed by atoms with Crippen molar-refractivity contribution >= 4 is 39.8 Å². The van der Waals surface area contributed by atoms with Gasteiger partial charge in [-0.05, 0) is 51.4 Å². The van der Waals surface area contributed by atoms with E-state index in [0.717, 1.165) is 18.8 Å². The van der Waals surface area contributed by atoms with Gasteiger partial charge in [0.05, 0.1) is 17.1 Å². The number of benzene rings is 2. The van der Waals surface area contributed by atoms with E-state index in [-0.39, 0.29) is 22.8 Å². The third-order valence-electron chi connectivity index (χ3n) is 6.11. The van der Waals surface area contributed by atoms with Crippen LogP contribution in [-0.2, 0) is 11.0 Å². The second-order valence-electron chi connectivity index (χ2n) is 9.24. The number of nitrogens with one attached hydrogen (secondary N) is 3. The third kappa shape index (κ3) is 6.28. The van der Waals surface area contributed by atoms with Crippen molar-refractivity contribution < 1.29 is 22.4 Å². The summed E-state index contributed by atoms with van der Waals surface area (Å²) in [6.45, 7) is 5.61. The van der Waals surface area contributed by atoms with Gasteiger partial charge in [0.25, 0.3) is 0 Å². The molecule has 0 atom stereocenters. The first-order valence-electron chi connectivity index (χ1n) is 12.3. The molecule has 4 rings (SSSR count). The number of halogens is 4. The summed E-state index contributed by atoms with van der Waals surface area (Å²) in [6, 6.07) is 9.42. The Hall–Kier alpha value is -4.19. The molecule has 0 bridgehead atoms. The Morgan fingerprint density at radius 3 is 2.56 bits per heavy atom. The molecule has 12 heteroatoms. The first kappa shape index (κ1) is 27.8. The molecule has 0 radical (unpaired) electrons. The molecule has 0 spiro atoms. The number of hydrogen-bond donors (Lipinski definition) is 3. The zero-order valence-corrected chi connectivity index (χ0v) is 21.9. The van der Waals surface area contributed by atoms with E-state index in [1.807, 2.05) is 27.1 Å². The molecule has 0 aliphatic rings. The highest BCUT2D eigenvalue weighted by atomic mass is 19.4. The summed E-state index contributed by atoms with van der Waals surface area (Å²) >= 11 is 0. The molecule has 0 saturated carbocycles. The molecule has 2 aromatic heterocycles. The molecule has 8 nitrogen and oxygen atoms in total. The number of aromatic amines is 1. The van der Waals surface area contributed by atoms with Crippen molar-refractivity contribution in [3.8, 4) is 11.3 Å². The largest absolute Gasteiger partial charge is 0.419 e. The number of fused-ring (bicyclic) bond motifs is 1. The highest BCUT2D eigenvalue weighted by molar-refractivity contribution is 5.96. The minimum Gasteiger partial charge on any atom is -0.369 e. The first-order chi connectivity index (χ1) is 18.5. The number of hydrogen-bond acceptors (Lipinski definition) is 6. The van der Waals surface area contributed by atoms with Gasteiger partial charge in [-0.25, -0.2) is 14.4 Å². The quantitative estimate of drug-likeness (QED) is 0.229. The second kappa shape index (κ2) is 11.3. The topological polar surface area (TPSA) is 89.2 Å². The molecule has 0 fully saturated rings. The van der Waals surface area contributed by atoms with Gasteiger partial charge < -0.3 is 25.4 Å². The van der Waals surface area contributed by atoms with Crippen LogP contribution in [0.2, 0.25) is 0 Å². The summed E-state index contributed by atoms with van der Waals surface area (Å²) in [4.78, 5) is 26.9. The molecular formula is C27H29F4N7O. The number of carbonyl (C=O) groups is 1. The fourth-order valence-corrected chi connectivity index (χ4v) is 4.26. The molecule has 4 aromatic rings. The monoisotopic (exact) mass is 543 g/mol. The highest BCUT2D eigenvalue weighted by Gasteiger charge is 2.36. The zero-order chi connectivity index (χ0) is 28.3. The molecule has 0 aliphatic heterocycles. The van der Waals surface area contributed by atoms with Crippen LogP contribution in [0.15, 0.2) is 48.8 Å². The van der Waals surface area contributed by atoms with Crippen molar-refractivity contribution in [1.29, 1.82) is 0 Å². The van der Waals surface area contributed by atoms with Gasteiger partial charge in [0.15, 0.2) is 0 Å². The smallest absolute Gasteiger partial charge is 0.369 e. The Morgan fingerprint density at radius 1 is 1.13 bits per heavy atom. The lowest BCUT2D eigenvalue weighted by Gasteiger charge is -2.27. The van der Waals surface area contributed by atoms with Crippen molar-refractivity contribution in [3.05, 3.63) is 60.2 Å². The predicted octanol–water partition coefficient (Wildman–Crippen LogP) is 5.87. The van der Waals surface area contributed by atoms with Crippen LogP contribution in [0.3, 0.4) is 0 Å². The highest BCUT2D eigenvalue weighted by Crippen LogP contribution is 2.39. The van der Waals surface area contributed by atoms with E-state index in [1.165, 1.54) is 25.3 Å². The Labute approximate surface area is 223 Å². The molecule has 3 N–H and O–H groups in total. The van der Waals surface area contributed by atoms with Crippen molar-refractivity contribution in [2.45, 2.75) is 20.0 Å². The number of alkyl halides is 3. The van der Waals surface area contributed by atoms with Crippen LogP contribution < -0.4 is 15.5 Å². The molecule has 1 amide bonds. The normalized spacial score (nSPS) is 11.7. The van der Waals surface area contributed by atoms with E-state index in [2.05, 4.69) is 35.4 Å². The van der Waals surface area contributed by atoms with Crippen molar-refractivity contribution in [1.82, 2.24) is 19.9 Å². The summed E-state index contributed by atoms with van der Waals surface area (Å²) in [5.41, 5.74) is 0.525. The van der Waals surface area contributed by atoms with Crippen molar-refractivity contribution in [2.75, 3.05) is 49.3 Å². The molecular weight excluding hydrogens is 514 g/mol. The van der Waals surface area contributed by atoms with Crippen molar-refractivity contribution in [3.63, 3.8) is 0 Å². The maximum absolute atomic E-state index is 14.6. The molecule has 206 valence electrons. The Bertz CT molecular complexity index is 1480. The van der Waals surface area contributed by atoms with Crippen LogP contribution in [0, 0.1) is 5.82 Å². The lowest BCUT2D eigenvalue weighted by Crippen LogP contribution is -2.32. The maximum Gasteiger partial charge on any atom is 0.419 e. The third-order valence-corrected chi connectivity index (χ3v) is 6.11. The van der Waals surface area contributed by atoms with Crippen LogP contribution in [0.4, 0.5) is 40.6 Å². The van der Waals surface area contributed by atoms with Gasteiger partial charge in [-0.1, -0.05) is 6.07 Å². The van der Waals surface area contributed by atoms with Gasteiger partial charge in [-0.3, -0.25) is 4.79 Å². The minimum absolute atomic E-state index is 0.00216. The number of rotatable bonds is 9. The maximum atomic E-state index is 14.6. The molecule has 39 heavy (non-hydrogen) atoms. The van der Waals surface area contributed by atoms with Crippen LogP contribution in [0.25, 0.3) is 22.2 Å².